The van der Waals surface area contributed by atoms with E-state index in [1.54, 1.807) is 0 Å². The molecule has 1 aliphatic heterocycles. The van der Waals surface area contributed by atoms with Gasteiger partial charge in [0.1, 0.15) is 18.1 Å². The van der Waals surface area contributed by atoms with Gasteiger partial charge in [-0.1, -0.05) is 13.8 Å². The van der Waals surface area contributed by atoms with Gasteiger partial charge in [-0.25, -0.2) is 4.79 Å². The number of aliphatic carboxylic acids is 2. The molecule has 1 aliphatic rings. The van der Waals surface area contributed by atoms with Crippen molar-refractivity contribution in [2.45, 2.75) is 76.5 Å². The van der Waals surface area contributed by atoms with Gasteiger partial charge in [0.2, 0.25) is 17.7 Å². The van der Waals surface area contributed by atoms with Crippen molar-refractivity contribution in [3.63, 3.8) is 0 Å². The Balaban J connectivity index is 2.88. The number of amides is 3. The molecule has 0 spiro atoms. The third-order valence-corrected chi connectivity index (χ3v) is 6.03. The number of carboxylic acids is 2. The number of thioether (sulfide) groups is 1. The molecule has 4 atom stereocenters. The molecule has 188 valence electrons. The predicted octanol–water partition coefficient (Wildman–Crippen LogP) is 0.0229. The Hall–Kier alpha value is -2.34. The second kappa shape index (κ2) is 14.0. The lowest BCUT2D eigenvalue weighted by Gasteiger charge is -2.29. The summed E-state index contributed by atoms with van der Waals surface area (Å²) in [6.07, 6.45) is 2.95. The van der Waals surface area contributed by atoms with Crippen LogP contribution in [0.3, 0.4) is 0 Å². The van der Waals surface area contributed by atoms with Crippen LogP contribution in [0.25, 0.3) is 0 Å². The lowest BCUT2D eigenvalue weighted by Crippen LogP contribution is -2.56. The topological polar surface area (TPSA) is 179 Å². The second-order valence-electron chi connectivity index (χ2n) is 8.60. The van der Waals surface area contributed by atoms with Crippen molar-refractivity contribution >= 4 is 41.4 Å². The smallest absolute Gasteiger partial charge is 0.326 e. The Labute approximate surface area is 198 Å². The van der Waals surface area contributed by atoms with Crippen molar-refractivity contribution in [2.75, 3.05) is 18.6 Å². The van der Waals surface area contributed by atoms with Gasteiger partial charge < -0.3 is 31.5 Å². The van der Waals surface area contributed by atoms with Gasteiger partial charge in [0, 0.05) is 13.0 Å². The van der Waals surface area contributed by atoms with Crippen LogP contribution in [0.4, 0.5) is 0 Å². The summed E-state index contributed by atoms with van der Waals surface area (Å²) < 4.78 is 0. The quantitative estimate of drug-likeness (QED) is 0.225. The van der Waals surface area contributed by atoms with Crippen LogP contribution in [0, 0.1) is 5.92 Å². The number of nitrogens with one attached hydrogen (secondary N) is 2. The minimum Gasteiger partial charge on any atom is -0.481 e. The number of carbonyl (C=O) groups excluding carboxylic acids is 3. The third kappa shape index (κ3) is 9.58. The molecule has 1 rings (SSSR count). The Kier molecular flexibility index (Phi) is 12.2. The van der Waals surface area contributed by atoms with Crippen LogP contribution in [0.15, 0.2) is 0 Å². The second-order valence-corrected chi connectivity index (χ2v) is 9.59. The van der Waals surface area contributed by atoms with E-state index in [4.69, 9.17) is 10.8 Å². The molecule has 0 aromatic rings. The fraction of sp³-hybridized carbons (Fsp3) is 0.762. The van der Waals surface area contributed by atoms with Crippen LogP contribution in [-0.4, -0.2) is 87.5 Å². The summed E-state index contributed by atoms with van der Waals surface area (Å²) in [5.74, 6) is -3.28. The maximum Gasteiger partial charge on any atom is 0.326 e. The van der Waals surface area contributed by atoms with Gasteiger partial charge in [0.25, 0.3) is 0 Å². The average molecular weight is 489 g/mol. The SMILES string of the molecule is CSCCC(NC(=O)C1CCCN1C(=O)C(N)CC(C)C)C(=O)NC(CCC(=O)O)C(=O)O. The molecular weight excluding hydrogens is 452 g/mol. The summed E-state index contributed by atoms with van der Waals surface area (Å²) in [5.41, 5.74) is 6.02. The van der Waals surface area contributed by atoms with E-state index in [1.807, 2.05) is 20.1 Å². The lowest BCUT2D eigenvalue weighted by molar-refractivity contribution is -0.144. The van der Waals surface area contributed by atoms with Gasteiger partial charge in [-0.05, 0) is 50.0 Å². The number of nitrogens with two attached hydrogens (primary N) is 1. The summed E-state index contributed by atoms with van der Waals surface area (Å²) in [5, 5.41) is 23.1. The van der Waals surface area contributed by atoms with Crippen LogP contribution in [0.1, 0.15) is 52.4 Å². The molecule has 33 heavy (non-hydrogen) atoms. The lowest BCUT2D eigenvalue weighted by atomic mass is 10.0. The number of rotatable bonds is 14. The van der Waals surface area contributed by atoms with Gasteiger partial charge >= 0.3 is 11.9 Å². The molecule has 0 aromatic carbocycles. The summed E-state index contributed by atoms with van der Waals surface area (Å²) in [6, 6.07) is -3.86. The predicted molar refractivity (Wildman–Crippen MR) is 124 cm³/mol. The van der Waals surface area contributed by atoms with Gasteiger partial charge in [0.15, 0.2) is 0 Å². The first-order valence-electron chi connectivity index (χ1n) is 11.1. The molecule has 6 N–H and O–H groups in total. The normalized spacial score (nSPS) is 18.5. The molecule has 1 saturated heterocycles. The molecule has 0 bridgehead atoms. The Morgan fingerprint density at radius 3 is 2.30 bits per heavy atom. The number of likely N-dealkylation sites (tertiary alicyclic amines) is 1. The van der Waals surface area contributed by atoms with Crippen LogP contribution in [0.5, 0.6) is 0 Å². The van der Waals surface area contributed by atoms with E-state index in [2.05, 4.69) is 10.6 Å². The van der Waals surface area contributed by atoms with E-state index in [0.717, 1.165) is 0 Å². The van der Waals surface area contributed by atoms with E-state index in [9.17, 15) is 29.1 Å². The Morgan fingerprint density at radius 2 is 1.76 bits per heavy atom. The molecular formula is C21H36N4O7S. The van der Waals surface area contributed by atoms with Crippen LogP contribution in [-0.2, 0) is 24.0 Å². The Morgan fingerprint density at radius 1 is 1.09 bits per heavy atom. The maximum atomic E-state index is 13.0. The van der Waals surface area contributed by atoms with Crippen molar-refractivity contribution in [3.05, 3.63) is 0 Å². The van der Waals surface area contributed by atoms with Crippen LogP contribution >= 0.6 is 11.8 Å². The summed E-state index contributed by atoms with van der Waals surface area (Å²) in [7, 11) is 0. The maximum absolute atomic E-state index is 13.0. The molecule has 3 amide bonds. The summed E-state index contributed by atoms with van der Waals surface area (Å²) >= 11 is 1.45. The van der Waals surface area contributed by atoms with Gasteiger partial charge in [0.05, 0.1) is 6.04 Å². The first-order valence-corrected chi connectivity index (χ1v) is 12.5. The number of carbonyl (C=O) groups is 5. The Bertz CT molecular complexity index is 719. The summed E-state index contributed by atoms with van der Waals surface area (Å²) in [6.45, 7) is 4.31. The molecule has 0 saturated carbocycles. The minimum absolute atomic E-state index is 0.224. The van der Waals surface area contributed by atoms with Crippen LogP contribution < -0.4 is 16.4 Å². The molecule has 0 aliphatic carbocycles. The highest BCUT2D eigenvalue weighted by Gasteiger charge is 2.38. The first-order chi connectivity index (χ1) is 15.5. The zero-order valence-corrected chi connectivity index (χ0v) is 20.2. The molecule has 4 unspecified atom stereocenters. The summed E-state index contributed by atoms with van der Waals surface area (Å²) in [4.78, 5) is 62.1. The van der Waals surface area contributed by atoms with Crippen molar-refractivity contribution in [3.8, 4) is 0 Å². The highest BCUT2D eigenvalue weighted by atomic mass is 32.2. The largest absolute Gasteiger partial charge is 0.481 e. The molecule has 0 aromatic heterocycles. The number of carboxylic acid groups (broad SMARTS) is 2. The zero-order valence-electron chi connectivity index (χ0n) is 19.4. The van der Waals surface area contributed by atoms with Crippen molar-refractivity contribution in [1.29, 1.82) is 0 Å². The van der Waals surface area contributed by atoms with Crippen molar-refractivity contribution in [2.24, 2.45) is 11.7 Å². The first kappa shape index (κ1) is 28.7. The van der Waals surface area contributed by atoms with E-state index >= 15 is 0 Å². The fourth-order valence-corrected chi connectivity index (χ4v) is 4.17. The van der Waals surface area contributed by atoms with Crippen LogP contribution in [0.2, 0.25) is 0 Å². The number of nitrogens with zero attached hydrogens (tertiary/aromatic N) is 1. The van der Waals surface area contributed by atoms with E-state index in [0.29, 0.717) is 31.6 Å². The van der Waals surface area contributed by atoms with E-state index in [-0.39, 0.29) is 24.7 Å². The zero-order chi connectivity index (χ0) is 25.1. The monoisotopic (exact) mass is 488 g/mol. The number of hydrogen-bond acceptors (Lipinski definition) is 7. The van der Waals surface area contributed by atoms with Gasteiger partial charge in [-0.15, -0.1) is 0 Å². The standard InChI is InChI=1S/C21H36N4O7S/c1-12(2)11-13(22)20(30)25-9-4-5-16(25)19(29)23-14(8-10-33-3)18(28)24-15(21(31)32)6-7-17(26)27/h12-16H,4-11,22H2,1-3H3,(H,23,29)(H,24,28)(H,26,27)(H,31,32). The molecule has 12 heteroatoms. The molecule has 0 radical (unpaired) electrons. The average Bonchev–Trinajstić information content (AvgIpc) is 3.22. The highest BCUT2D eigenvalue weighted by Crippen LogP contribution is 2.20. The van der Waals surface area contributed by atoms with E-state index in [1.165, 1.54) is 16.7 Å². The van der Waals surface area contributed by atoms with Crippen molar-refractivity contribution < 1.29 is 34.2 Å². The minimum atomic E-state index is -1.39. The molecule has 1 fully saturated rings. The van der Waals surface area contributed by atoms with E-state index < -0.39 is 54.3 Å². The van der Waals surface area contributed by atoms with Gasteiger partial charge in [-0.3, -0.25) is 19.2 Å². The molecule has 1 heterocycles. The number of hydrogen-bond donors (Lipinski definition) is 5. The van der Waals surface area contributed by atoms with Gasteiger partial charge in [-0.2, -0.15) is 11.8 Å². The third-order valence-electron chi connectivity index (χ3n) is 5.39. The highest BCUT2D eigenvalue weighted by molar-refractivity contribution is 7.98. The van der Waals surface area contributed by atoms with Crippen molar-refractivity contribution in [1.82, 2.24) is 15.5 Å². The fourth-order valence-electron chi connectivity index (χ4n) is 3.69. The molecule has 11 nitrogen and oxygen atoms in total.